The Morgan fingerprint density at radius 2 is 2.35 bits per heavy atom. The van der Waals surface area contributed by atoms with Crippen LogP contribution in [0, 0.1) is 0 Å². The average molecular weight is 250 g/mol. The van der Waals surface area contributed by atoms with Crippen LogP contribution >= 0.6 is 11.6 Å². The van der Waals surface area contributed by atoms with Crippen molar-refractivity contribution in [1.82, 2.24) is 9.97 Å². The quantitative estimate of drug-likeness (QED) is 0.507. The monoisotopic (exact) mass is 249 g/mol. The van der Waals surface area contributed by atoms with E-state index in [1.165, 1.54) is 24.9 Å². The Morgan fingerprint density at radius 3 is 3.06 bits per heavy atom. The van der Waals surface area contributed by atoms with Crippen molar-refractivity contribution in [3.05, 3.63) is 47.4 Å². The maximum atomic E-state index is 5.67. The van der Waals surface area contributed by atoms with E-state index < -0.39 is 0 Å². The summed E-state index contributed by atoms with van der Waals surface area (Å²) in [6.45, 7) is 0. The molecule has 0 aliphatic rings. The summed E-state index contributed by atoms with van der Waals surface area (Å²) >= 11 is 5.67. The van der Waals surface area contributed by atoms with Gasteiger partial charge < -0.3 is 10.2 Å². The van der Waals surface area contributed by atoms with Crippen molar-refractivity contribution < 1.29 is 4.42 Å². The standard InChI is InChI=1S/C10H8ClN5O/c11-9-6-13-5-8(15-9)10(12)16-14-4-7-2-1-3-17-7/h1-6H,(H2,12,16)/b14-4-. The van der Waals surface area contributed by atoms with E-state index in [1.807, 2.05) is 0 Å². The summed E-state index contributed by atoms with van der Waals surface area (Å²) in [5.74, 6) is 0.710. The predicted molar refractivity (Wildman–Crippen MR) is 64.1 cm³/mol. The van der Waals surface area contributed by atoms with E-state index in [0.717, 1.165) is 0 Å². The molecule has 2 heterocycles. The van der Waals surface area contributed by atoms with Crippen molar-refractivity contribution in [2.24, 2.45) is 15.9 Å². The molecule has 0 saturated carbocycles. The molecule has 2 rings (SSSR count). The number of hydrogen-bond acceptors (Lipinski definition) is 5. The Morgan fingerprint density at radius 1 is 1.47 bits per heavy atom. The van der Waals surface area contributed by atoms with Crippen LogP contribution in [0.4, 0.5) is 0 Å². The summed E-state index contributed by atoms with van der Waals surface area (Å²) in [5.41, 5.74) is 6.02. The number of nitrogens with two attached hydrogens (primary N) is 1. The Labute approximate surface area is 102 Å². The van der Waals surface area contributed by atoms with Crippen LogP contribution in [0.5, 0.6) is 0 Å². The molecule has 0 unspecified atom stereocenters. The predicted octanol–water partition coefficient (Wildman–Crippen LogP) is 1.46. The van der Waals surface area contributed by atoms with Crippen molar-refractivity contribution in [3.8, 4) is 0 Å². The van der Waals surface area contributed by atoms with Gasteiger partial charge in [0.1, 0.15) is 16.6 Å². The van der Waals surface area contributed by atoms with Gasteiger partial charge in [-0.2, -0.15) is 5.10 Å². The van der Waals surface area contributed by atoms with E-state index in [1.54, 1.807) is 12.1 Å². The SMILES string of the molecule is N/C(=N/N=C\c1ccco1)c1cncc(Cl)n1. The van der Waals surface area contributed by atoms with Crippen LogP contribution in [0.1, 0.15) is 11.5 Å². The summed E-state index contributed by atoms with van der Waals surface area (Å²) < 4.78 is 5.03. The zero-order valence-electron chi connectivity index (χ0n) is 8.62. The minimum Gasteiger partial charge on any atom is -0.463 e. The van der Waals surface area contributed by atoms with E-state index >= 15 is 0 Å². The van der Waals surface area contributed by atoms with E-state index in [-0.39, 0.29) is 11.0 Å². The van der Waals surface area contributed by atoms with Gasteiger partial charge in [-0.3, -0.25) is 4.98 Å². The van der Waals surface area contributed by atoms with Crippen LogP contribution in [0.15, 0.2) is 45.4 Å². The molecule has 0 amide bonds. The third-order valence-corrected chi connectivity index (χ3v) is 1.94. The molecule has 2 aromatic rings. The van der Waals surface area contributed by atoms with Gasteiger partial charge >= 0.3 is 0 Å². The Balaban J connectivity index is 2.12. The van der Waals surface area contributed by atoms with Crippen molar-refractivity contribution in [2.75, 3.05) is 0 Å². The van der Waals surface area contributed by atoms with Crippen LogP contribution in [0.3, 0.4) is 0 Å². The van der Waals surface area contributed by atoms with Crippen molar-refractivity contribution in [1.29, 1.82) is 0 Å². The topological polar surface area (TPSA) is 89.7 Å². The summed E-state index contributed by atoms with van der Waals surface area (Å²) in [6.07, 6.45) is 5.83. The fourth-order valence-corrected chi connectivity index (χ4v) is 1.18. The number of furan rings is 1. The molecule has 86 valence electrons. The molecule has 0 atom stereocenters. The fraction of sp³-hybridized carbons (Fsp3) is 0. The van der Waals surface area contributed by atoms with Crippen LogP contribution in [0.25, 0.3) is 0 Å². The molecule has 6 nitrogen and oxygen atoms in total. The van der Waals surface area contributed by atoms with Gasteiger partial charge in [-0.1, -0.05) is 11.6 Å². The first-order valence-electron chi connectivity index (χ1n) is 4.63. The second kappa shape index (κ2) is 5.22. The number of aromatic nitrogens is 2. The van der Waals surface area contributed by atoms with Crippen LogP contribution in [-0.4, -0.2) is 22.0 Å². The molecule has 0 aliphatic carbocycles. The number of halogens is 1. The molecular formula is C10H8ClN5O. The molecule has 0 spiro atoms. The molecule has 17 heavy (non-hydrogen) atoms. The minimum absolute atomic E-state index is 0.128. The fourth-order valence-electron chi connectivity index (χ4n) is 1.03. The molecular weight excluding hydrogens is 242 g/mol. The van der Waals surface area contributed by atoms with E-state index in [4.69, 9.17) is 21.8 Å². The van der Waals surface area contributed by atoms with Crippen LogP contribution < -0.4 is 5.73 Å². The second-order valence-corrected chi connectivity index (χ2v) is 3.36. The molecule has 2 aromatic heterocycles. The molecule has 0 aromatic carbocycles. The zero-order valence-corrected chi connectivity index (χ0v) is 9.37. The summed E-state index contributed by atoms with van der Waals surface area (Å²) in [6, 6.07) is 3.49. The van der Waals surface area contributed by atoms with Gasteiger partial charge in [-0.05, 0) is 12.1 Å². The van der Waals surface area contributed by atoms with Crippen LogP contribution in [-0.2, 0) is 0 Å². The van der Waals surface area contributed by atoms with Crippen LogP contribution in [0.2, 0.25) is 5.15 Å². The van der Waals surface area contributed by atoms with E-state index in [2.05, 4.69) is 20.2 Å². The van der Waals surface area contributed by atoms with Gasteiger partial charge in [0.15, 0.2) is 5.84 Å². The second-order valence-electron chi connectivity index (χ2n) is 2.97. The highest BCUT2D eigenvalue weighted by atomic mass is 35.5. The lowest BCUT2D eigenvalue weighted by atomic mass is 10.4. The molecule has 0 saturated heterocycles. The highest BCUT2D eigenvalue weighted by Gasteiger charge is 2.01. The summed E-state index contributed by atoms with van der Waals surface area (Å²) in [5, 5.41) is 7.75. The highest BCUT2D eigenvalue weighted by Crippen LogP contribution is 2.02. The number of hydrogen-bond donors (Lipinski definition) is 1. The van der Waals surface area contributed by atoms with Crippen molar-refractivity contribution in [2.45, 2.75) is 0 Å². The van der Waals surface area contributed by atoms with Crippen molar-refractivity contribution >= 4 is 23.7 Å². The Hall–Kier alpha value is -2.21. The lowest BCUT2D eigenvalue weighted by molar-refractivity contribution is 0.560. The minimum atomic E-state index is 0.128. The van der Waals surface area contributed by atoms with Gasteiger partial charge in [0.2, 0.25) is 0 Å². The lowest BCUT2D eigenvalue weighted by Crippen LogP contribution is -2.15. The number of amidine groups is 1. The molecule has 2 N–H and O–H groups in total. The average Bonchev–Trinajstić information content (AvgIpc) is 2.82. The molecule has 0 radical (unpaired) electrons. The largest absolute Gasteiger partial charge is 0.463 e. The third kappa shape index (κ3) is 3.12. The first-order chi connectivity index (χ1) is 8.25. The van der Waals surface area contributed by atoms with Gasteiger partial charge in [-0.15, -0.1) is 5.10 Å². The smallest absolute Gasteiger partial charge is 0.173 e. The third-order valence-electron chi connectivity index (χ3n) is 1.76. The highest BCUT2D eigenvalue weighted by molar-refractivity contribution is 6.29. The first-order valence-corrected chi connectivity index (χ1v) is 5.01. The lowest BCUT2D eigenvalue weighted by Gasteiger charge is -1.96. The summed E-state index contributed by atoms with van der Waals surface area (Å²) in [4.78, 5) is 7.78. The molecule has 0 fully saturated rings. The van der Waals surface area contributed by atoms with Gasteiger partial charge in [0, 0.05) is 0 Å². The molecule has 0 aliphatic heterocycles. The van der Waals surface area contributed by atoms with E-state index in [0.29, 0.717) is 11.5 Å². The maximum absolute atomic E-state index is 5.67. The van der Waals surface area contributed by atoms with Crippen molar-refractivity contribution in [3.63, 3.8) is 0 Å². The van der Waals surface area contributed by atoms with Gasteiger partial charge in [0.05, 0.1) is 24.9 Å². The maximum Gasteiger partial charge on any atom is 0.173 e. The molecule has 0 bridgehead atoms. The Bertz CT molecular complexity index is 550. The molecule has 7 heteroatoms. The summed E-state index contributed by atoms with van der Waals surface area (Å²) in [7, 11) is 0. The Kier molecular flexibility index (Phi) is 3.46. The van der Waals surface area contributed by atoms with Gasteiger partial charge in [0.25, 0.3) is 0 Å². The number of nitrogens with zero attached hydrogens (tertiary/aromatic N) is 4. The zero-order chi connectivity index (χ0) is 12.1. The normalized spacial score (nSPS) is 12.2. The first kappa shape index (κ1) is 11.3. The van der Waals surface area contributed by atoms with E-state index in [9.17, 15) is 0 Å². The van der Waals surface area contributed by atoms with Gasteiger partial charge in [-0.25, -0.2) is 4.98 Å². The number of rotatable bonds is 3.